The van der Waals surface area contributed by atoms with Gasteiger partial charge in [0.05, 0.1) is 4.90 Å². The molecule has 19 heavy (non-hydrogen) atoms. The summed E-state index contributed by atoms with van der Waals surface area (Å²) in [6.45, 7) is 5.84. The largest absolute Gasteiger partial charge is 0.399 e. The molecule has 0 aliphatic rings. The smallest absolute Gasteiger partial charge is 0.240 e. The van der Waals surface area contributed by atoms with E-state index in [1.807, 2.05) is 13.8 Å². The van der Waals surface area contributed by atoms with Crippen LogP contribution in [0.1, 0.15) is 24.5 Å². The number of aliphatic hydroxyl groups is 1. The van der Waals surface area contributed by atoms with Crippen molar-refractivity contribution in [2.24, 2.45) is 5.92 Å². The molecule has 0 fully saturated rings. The van der Waals surface area contributed by atoms with Crippen molar-refractivity contribution in [3.05, 3.63) is 23.3 Å². The van der Waals surface area contributed by atoms with Gasteiger partial charge in [-0.1, -0.05) is 6.92 Å². The molecular formula is C13H22N2O3S. The van der Waals surface area contributed by atoms with Crippen LogP contribution in [0.3, 0.4) is 0 Å². The zero-order valence-electron chi connectivity index (χ0n) is 11.6. The van der Waals surface area contributed by atoms with Crippen molar-refractivity contribution in [1.82, 2.24) is 4.72 Å². The van der Waals surface area contributed by atoms with Crippen LogP contribution in [0.2, 0.25) is 0 Å². The third-order valence-corrected chi connectivity index (χ3v) is 4.73. The Hall–Kier alpha value is -1.11. The Morgan fingerprint density at radius 2 is 2.00 bits per heavy atom. The fraction of sp³-hybridized carbons (Fsp3) is 0.538. The monoisotopic (exact) mass is 286 g/mol. The van der Waals surface area contributed by atoms with E-state index in [4.69, 9.17) is 10.8 Å². The predicted octanol–water partition coefficient (Wildman–Crippen LogP) is 1.18. The zero-order chi connectivity index (χ0) is 14.6. The molecule has 0 radical (unpaired) electrons. The number of aliphatic hydroxyl groups excluding tert-OH is 1. The normalized spacial score (nSPS) is 13.5. The molecule has 1 atom stereocenters. The summed E-state index contributed by atoms with van der Waals surface area (Å²) in [6.07, 6.45) is 0.567. The Kier molecular flexibility index (Phi) is 5.34. The average Bonchev–Trinajstić information content (AvgIpc) is 2.31. The van der Waals surface area contributed by atoms with Crippen LogP contribution >= 0.6 is 0 Å². The molecule has 0 aliphatic carbocycles. The SMILES string of the molecule is Cc1cc(N)cc(S(=O)(=O)NCC(C)CCO)c1C. The van der Waals surface area contributed by atoms with Crippen LogP contribution in [0.25, 0.3) is 0 Å². The van der Waals surface area contributed by atoms with Gasteiger partial charge in [0.2, 0.25) is 10.0 Å². The third kappa shape index (κ3) is 4.19. The van der Waals surface area contributed by atoms with Crippen LogP contribution in [0, 0.1) is 19.8 Å². The number of hydrogen-bond donors (Lipinski definition) is 3. The van der Waals surface area contributed by atoms with Gasteiger partial charge in [-0.15, -0.1) is 0 Å². The first-order chi connectivity index (χ1) is 8.77. The number of nitrogens with one attached hydrogen (secondary N) is 1. The van der Waals surface area contributed by atoms with Gasteiger partial charge in [0.25, 0.3) is 0 Å². The minimum atomic E-state index is -3.56. The Bertz CT molecular complexity index is 541. The molecule has 0 aromatic heterocycles. The highest BCUT2D eigenvalue weighted by molar-refractivity contribution is 7.89. The highest BCUT2D eigenvalue weighted by Gasteiger charge is 2.19. The molecule has 5 nitrogen and oxygen atoms in total. The summed E-state index contributed by atoms with van der Waals surface area (Å²) in [5, 5.41) is 8.81. The van der Waals surface area contributed by atoms with Crippen molar-refractivity contribution in [3.8, 4) is 0 Å². The average molecular weight is 286 g/mol. The highest BCUT2D eigenvalue weighted by Crippen LogP contribution is 2.22. The van der Waals surface area contributed by atoms with Gasteiger partial charge < -0.3 is 10.8 Å². The molecule has 1 rings (SSSR count). The first-order valence-corrected chi connectivity index (χ1v) is 7.73. The van der Waals surface area contributed by atoms with Gasteiger partial charge in [-0.05, 0) is 49.4 Å². The number of benzene rings is 1. The molecule has 1 aromatic rings. The maximum Gasteiger partial charge on any atom is 0.240 e. The van der Waals surface area contributed by atoms with Crippen molar-refractivity contribution >= 4 is 15.7 Å². The summed E-state index contributed by atoms with van der Waals surface area (Å²) in [5.41, 5.74) is 7.70. The summed E-state index contributed by atoms with van der Waals surface area (Å²) in [5.74, 6) is 0.0854. The molecule has 0 heterocycles. The Balaban J connectivity index is 2.95. The van der Waals surface area contributed by atoms with E-state index in [1.165, 1.54) is 6.07 Å². The molecule has 0 amide bonds. The van der Waals surface area contributed by atoms with E-state index in [0.29, 0.717) is 24.2 Å². The Labute approximate surface area is 114 Å². The molecule has 4 N–H and O–H groups in total. The lowest BCUT2D eigenvalue weighted by Gasteiger charge is -2.14. The summed E-state index contributed by atoms with van der Waals surface area (Å²) in [4.78, 5) is 0.223. The van der Waals surface area contributed by atoms with Crippen LogP contribution in [0.4, 0.5) is 5.69 Å². The van der Waals surface area contributed by atoms with E-state index >= 15 is 0 Å². The molecule has 0 aliphatic heterocycles. The Morgan fingerprint density at radius 3 is 2.58 bits per heavy atom. The zero-order valence-corrected chi connectivity index (χ0v) is 12.4. The number of sulfonamides is 1. The lowest BCUT2D eigenvalue weighted by atomic mass is 10.1. The number of aryl methyl sites for hydroxylation is 1. The standard InChI is InChI=1S/C13H22N2O3S/c1-9(4-5-16)8-15-19(17,18)13-7-12(14)6-10(2)11(13)3/h6-7,9,15-16H,4-5,8,14H2,1-3H3. The van der Waals surface area contributed by atoms with Gasteiger partial charge in [-0.2, -0.15) is 0 Å². The minimum absolute atomic E-state index is 0.0549. The highest BCUT2D eigenvalue weighted by atomic mass is 32.2. The second-order valence-electron chi connectivity index (χ2n) is 4.93. The maximum absolute atomic E-state index is 12.2. The Morgan fingerprint density at radius 1 is 1.37 bits per heavy atom. The van der Waals surface area contributed by atoms with E-state index in [0.717, 1.165) is 5.56 Å². The van der Waals surface area contributed by atoms with Crippen molar-refractivity contribution in [2.45, 2.75) is 32.1 Å². The van der Waals surface area contributed by atoms with Crippen LogP contribution in [0.5, 0.6) is 0 Å². The van der Waals surface area contributed by atoms with E-state index in [9.17, 15) is 8.42 Å². The lowest BCUT2D eigenvalue weighted by molar-refractivity contribution is 0.263. The van der Waals surface area contributed by atoms with Crippen molar-refractivity contribution in [1.29, 1.82) is 0 Å². The van der Waals surface area contributed by atoms with Gasteiger partial charge in [0, 0.05) is 18.8 Å². The van der Waals surface area contributed by atoms with Crippen molar-refractivity contribution < 1.29 is 13.5 Å². The molecule has 0 bridgehead atoms. The minimum Gasteiger partial charge on any atom is -0.399 e. The first kappa shape index (κ1) is 15.9. The fourth-order valence-electron chi connectivity index (χ4n) is 1.79. The molecule has 1 aromatic carbocycles. The second-order valence-corrected chi connectivity index (χ2v) is 6.67. The first-order valence-electron chi connectivity index (χ1n) is 6.25. The maximum atomic E-state index is 12.2. The predicted molar refractivity (Wildman–Crippen MR) is 76.4 cm³/mol. The van der Waals surface area contributed by atoms with E-state index < -0.39 is 10.0 Å². The molecule has 1 unspecified atom stereocenters. The summed E-state index contributed by atoms with van der Waals surface area (Å²) < 4.78 is 27.0. The van der Waals surface area contributed by atoms with Crippen molar-refractivity contribution in [3.63, 3.8) is 0 Å². The van der Waals surface area contributed by atoms with E-state index in [2.05, 4.69) is 4.72 Å². The number of rotatable bonds is 6. The van der Waals surface area contributed by atoms with Gasteiger partial charge in [-0.25, -0.2) is 13.1 Å². The molecule has 6 heteroatoms. The summed E-state index contributed by atoms with van der Waals surface area (Å²) in [7, 11) is -3.56. The number of nitrogen functional groups attached to an aromatic ring is 1. The van der Waals surface area contributed by atoms with Gasteiger partial charge in [-0.3, -0.25) is 0 Å². The van der Waals surface area contributed by atoms with Gasteiger partial charge in [0.15, 0.2) is 0 Å². The van der Waals surface area contributed by atoms with Crippen LogP contribution in [0.15, 0.2) is 17.0 Å². The number of nitrogens with two attached hydrogens (primary N) is 1. The molecule has 108 valence electrons. The van der Waals surface area contributed by atoms with E-state index in [-0.39, 0.29) is 17.4 Å². The third-order valence-electron chi connectivity index (χ3n) is 3.18. The fourth-order valence-corrected chi connectivity index (χ4v) is 3.30. The van der Waals surface area contributed by atoms with E-state index in [1.54, 1.807) is 13.0 Å². The topological polar surface area (TPSA) is 92.4 Å². The van der Waals surface area contributed by atoms with Gasteiger partial charge in [0.1, 0.15) is 0 Å². The second kappa shape index (κ2) is 6.36. The summed E-state index contributed by atoms with van der Waals surface area (Å²) >= 11 is 0. The van der Waals surface area contributed by atoms with Crippen molar-refractivity contribution in [2.75, 3.05) is 18.9 Å². The number of hydrogen-bond acceptors (Lipinski definition) is 4. The van der Waals surface area contributed by atoms with Crippen LogP contribution in [-0.2, 0) is 10.0 Å². The van der Waals surface area contributed by atoms with Crippen LogP contribution < -0.4 is 10.5 Å². The summed E-state index contributed by atoms with van der Waals surface area (Å²) in [6, 6.07) is 3.23. The lowest BCUT2D eigenvalue weighted by Crippen LogP contribution is -2.29. The molecule has 0 saturated carbocycles. The van der Waals surface area contributed by atoms with Crippen LogP contribution in [-0.4, -0.2) is 26.7 Å². The number of anilines is 1. The molecule has 0 spiro atoms. The molecular weight excluding hydrogens is 264 g/mol. The van der Waals surface area contributed by atoms with Gasteiger partial charge >= 0.3 is 0 Å². The molecule has 0 saturated heterocycles. The quantitative estimate of drug-likeness (QED) is 0.685.